The summed E-state index contributed by atoms with van der Waals surface area (Å²) in [5, 5.41) is 11.6. The van der Waals surface area contributed by atoms with E-state index in [-0.39, 0.29) is 17.1 Å². The molecule has 1 aromatic carbocycles. The Morgan fingerprint density at radius 2 is 1.94 bits per heavy atom. The maximum absolute atomic E-state index is 11.7. The zero-order chi connectivity index (χ0) is 12.6. The highest BCUT2D eigenvalue weighted by molar-refractivity contribution is 5.96. The highest BCUT2D eigenvalue weighted by Crippen LogP contribution is 2.23. The Balaban J connectivity index is 2.24. The highest BCUT2D eigenvalue weighted by Gasteiger charge is 2.35. The predicted octanol–water partition coefficient (Wildman–Crippen LogP) is 1.69. The van der Waals surface area contributed by atoms with E-state index in [1.165, 1.54) is 12.1 Å². The Morgan fingerprint density at radius 3 is 2.35 bits per heavy atom. The number of anilines is 1. The summed E-state index contributed by atoms with van der Waals surface area (Å²) in [4.78, 5) is 24.0. The Hall–Kier alpha value is -2.04. The number of hydrogen-bond donors (Lipinski definition) is 2. The van der Waals surface area contributed by atoms with Crippen molar-refractivity contribution in [3.63, 3.8) is 0 Å². The molecule has 90 valence electrons. The van der Waals surface area contributed by atoms with Gasteiger partial charge in [0.2, 0.25) is 0 Å². The summed E-state index contributed by atoms with van der Waals surface area (Å²) in [6.07, 6.45) is 0. The van der Waals surface area contributed by atoms with E-state index in [1.54, 1.807) is 17.0 Å². The minimum atomic E-state index is -0.970. The Morgan fingerprint density at radius 1 is 1.35 bits per heavy atom. The Bertz CT molecular complexity index is 465. The summed E-state index contributed by atoms with van der Waals surface area (Å²) in [6.45, 7) is 4.45. The van der Waals surface area contributed by atoms with Gasteiger partial charge in [0, 0.05) is 5.69 Å². The number of carboxylic acids is 1. The molecule has 0 bridgehead atoms. The van der Waals surface area contributed by atoms with E-state index < -0.39 is 5.97 Å². The molecule has 0 unspecified atom stereocenters. The zero-order valence-electron chi connectivity index (χ0n) is 9.73. The van der Waals surface area contributed by atoms with Crippen LogP contribution in [0.5, 0.6) is 0 Å². The topological polar surface area (TPSA) is 69.6 Å². The van der Waals surface area contributed by atoms with E-state index in [9.17, 15) is 9.59 Å². The van der Waals surface area contributed by atoms with Gasteiger partial charge < -0.3 is 10.4 Å². The van der Waals surface area contributed by atoms with Crippen molar-refractivity contribution >= 4 is 17.7 Å². The molecule has 1 fully saturated rings. The fourth-order valence-corrected chi connectivity index (χ4v) is 1.86. The van der Waals surface area contributed by atoms with E-state index in [4.69, 9.17) is 5.11 Å². The largest absolute Gasteiger partial charge is 0.478 e. The third kappa shape index (κ3) is 2.22. The lowest BCUT2D eigenvalue weighted by Gasteiger charge is -2.17. The van der Waals surface area contributed by atoms with Gasteiger partial charge in [-0.15, -0.1) is 0 Å². The third-order valence-electron chi connectivity index (χ3n) is 2.67. The van der Waals surface area contributed by atoms with Crippen molar-refractivity contribution in [3.05, 3.63) is 29.8 Å². The molecule has 1 aromatic rings. The summed E-state index contributed by atoms with van der Waals surface area (Å²) in [6, 6.07) is 6.12. The quantitative estimate of drug-likeness (QED) is 0.818. The number of aromatic carboxylic acids is 1. The molecule has 5 nitrogen and oxygen atoms in total. The number of carboxylic acid groups (broad SMARTS) is 1. The van der Waals surface area contributed by atoms with Gasteiger partial charge in [-0.3, -0.25) is 4.90 Å². The van der Waals surface area contributed by atoms with Gasteiger partial charge in [0.25, 0.3) is 0 Å². The van der Waals surface area contributed by atoms with Crippen LogP contribution in [-0.2, 0) is 0 Å². The van der Waals surface area contributed by atoms with E-state index in [2.05, 4.69) is 5.32 Å². The molecule has 0 aliphatic carbocycles. The molecule has 0 aromatic heterocycles. The molecular formula is C12H14N2O3. The summed E-state index contributed by atoms with van der Waals surface area (Å²) < 4.78 is 0. The Labute approximate surface area is 99.0 Å². The van der Waals surface area contributed by atoms with Crippen LogP contribution in [0.15, 0.2) is 24.3 Å². The van der Waals surface area contributed by atoms with Crippen molar-refractivity contribution < 1.29 is 14.7 Å². The van der Waals surface area contributed by atoms with Crippen LogP contribution in [-0.4, -0.2) is 29.2 Å². The van der Waals surface area contributed by atoms with Crippen molar-refractivity contribution in [3.8, 4) is 0 Å². The van der Waals surface area contributed by atoms with Crippen LogP contribution in [0.1, 0.15) is 24.2 Å². The molecule has 2 N–H and O–H groups in total. The fraction of sp³-hybridized carbons (Fsp3) is 0.333. The first-order valence-electron chi connectivity index (χ1n) is 5.32. The first kappa shape index (κ1) is 11.4. The maximum atomic E-state index is 11.7. The molecule has 2 rings (SSSR count). The normalized spacial score (nSPS) is 18.0. The van der Waals surface area contributed by atoms with Crippen LogP contribution in [0.3, 0.4) is 0 Å². The number of hydrogen-bond acceptors (Lipinski definition) is 2. The molecule has 5 heteroatoms. The predicted molar refractivity (Wildman–Crippen MR) is 63.4 cm³/mol. The molecule has 17 heavy (non-hydrogen) atoms. The summed E-state index contributed by atoms with van der Waals surface area (Å²) in [5.41, 5.74) is 0.661. The van der Waals surface area contributed by atoms with E-state index in [0.717, 1.165) is 0 Å². The van der Waals surface area contributed by atoms with E-state index >= 15 is 0 Å². The number of nitrogens with one attached hydrogen (secondary N) is 1. The number of benzene rings is 1. The lowest BCUT2D eigenvalue weighted by atomic mass is 10.1. The molecule has 1 aliphatic heterocycles. The van der Waals surface area contributed by atoms with Crippen LogP contribution in [0.2, 0.25) is 0 Å². The van der Waals surface area contributed by atoms with E-state index in [0.29, 0.717) is 12.2 Å². The van der Waals surface area contributed by atoms with Gasteiger partial charge in [-0.25, -0.2) is 9.59 Å². The molecule has 1 heterocycles. The zero-order valence-corrected chi connectivity index (χ0v) is 9.73. The number of nitrogens with zero attached hydrogens (tertiary/aromatic N) is 1. The van der Waals surface area contributed by atoms with Gasteiger partial charge in [-0.2, -0.15) is 0 Å². The van der Waals surface area contributed by atoms with Crippen molar-refractivity contribution in [2.45, 2.75) is 19.4 Å². The summed E-state index contributed by atoms with van der Waals surface area (Å²) in [7, 11) is 0. The standard InChI is InChI=1S/C12H14N2O3/c1-12(2)7-14(11(17)13-12)9-5-3-8(4-6-9)10(15)16/h3-6H,7H2,1-2H3,(H,13,17)(H,15,16). The van der Waals surface area contributed by atoms with Gasteiger partial charge in [0.1, 0.15) is 0 Å². The smallest absolute Gasteiger partial charge is 0.335 e. The molecule has 1 aliphatic rings. The maximum Gasteiger partial charge on any atom is 0.335 e. The summed E-state index contributed by atoms with van der Waals surface area (Å²) in [5.74, 6) is -0.970. The molecule has 0 saturated carbocycles. The number of amides is 2. The third-order valence-corrected chi connectivity index (χ3v) is 2.67. The van der Waals surface area contributed by atoms with Gasteiger partial charge in [-0.1, -0.05) is 0 Å². The van der Waals surface area contributed by atoms with Gasteiger partial charge in [-0.05, 0) is 38.1 Å². The van der Waals surface area contributed by atoms with Crippen molar-refractivity contribution in [2.24, 2.45) is 0 Å². The number of rotatable bonds is 2. The molecule has 2 amide bonds. The van der Waals surface area contributed by atoms with Gasteiger partial charge in [0.15, 0.2) is 0 Å². The van der Waals surface area contributed by atoms with Crippen LogP contribution in [0, 0.1) is 0 Å². The second-order valence-corrected chi connectivity index (χ2v) is 4.75. The van der Waals surface area contributed by atoms with Crippen molar-refractivity contribution in [1.29, 1.82) is 0 Å². The highest BCUT2D eigenvalue weighted by atomic mass is 16.4. The molecular weight excluding hydrogens is 220 g/mol. The molecule has 1 saturated heterocycles. The van der Waals surface area contributed by atoms with Crippen LogP contribution in [0.4, 0.5) is 10.5 Å². The Kier molecular flexibility index (Phi) is 2.53. The van der Waals surface area contributed by atoms with Crippen LogP contribution >= 0.6 is 0 Å². The SMILES string of the molecule is CC1(C)CN(c2ccc(C(=O)O)cc2)C(=O)N1. The molecule has 0 atom stereocenters. The van der Waals surface area contributed by atoms with Crippen molar-refractivity contribution in [1.82, 2.24) is 5.32 Å². The first-order valence-corrected chi connectivity index (χ1v) is 5.32. The number of urea groups is 1. The lowest BCUT2D eigenvalue weighted by Crippen LogP contribution is -2.36. The minimum absolute atomic E-state index is 0.155. The molecule has 0 radical (unpaired) electrons. The van der Waals surface area contributed by atoms with Gasteiger partial charge in [0.05, 0.1) is 17.6 Å². The fourth-order valence-electron chi connectivity index (χ4n) is 1.86. The molecule has 0 spiro atoms. The van der Waals surface area contributed by atoms with Crippen LogP contribution in [0.25, 0.3) is 0 Å². The average Bonchev–Trinajstić information content (AvgIpc) is 2.52. The van der Waals surface area contributed by atoms with Crippen molar-refractivity contribution in [2.75, 3.05) is 11.4 Å². The lowest BCUT2D eigenvalue weighted by molar-refractivity contribution is 0.0697. The first-order chi connectivity index (χ1) is 7.89. The van der Waals surface area contributed by atoms with E-state index in [1.807, 2.05) is 13.8 Å². The summed E-state index contributed by atoms with van der Waals surface area (Å²) >= 11 is 0. The number of carbonyl (C=O) groups excluding carboxylic acids is 1. The van der Waals surface area contributed by atoms with Gasteiger partial charge >= 0.3 is 12.0 Å². The minimum Gasteiger partial charge on any atom is -0.478 e. The second kappa shape index (κ2) is 3.76. The second-order valence-electron chi connectivity index (χ2n) is 4.75. The monoisotopic (exact) mass is 234 g/mol. The van der Waals surface area contributed by atoms with Crippen LogP contribution < -0.4 is 10.2 Å². The average molecular weight is 234 g/mol. The number of carbonyl (C=O) groups is 2.